The van der Waals surface area contributed by atoms with E-state index < -0.39 is 21.1 Å². The first-order valence-electron chi connectivity index (χ1n) is 6.77. The summed E-state index contributed by atoms with van der Waals surface area (Å²) in [6.07, 6.45) is -0.0249. The maximum Gasteiger partial charge on any atom is 0.324 e. The van der Waals surface area contributed by atoms with Crippen LogP contribution in [-0.4, -0.2) is 31.5 Å². The average Bonchev–Trinajstić information content (AvgIpc) is 2.44. The third-order valence-electron chi connectivity index (χ3n) is 2.98. The Morgan fingerprint density at radius 1 is 1.10 bits per heavy atom. The van der Waals surface area contributed by atoms with E-state index in [4.69, 9.17) is 4.74 Å². The molecule has 0 amide bonds. The van der Waals surface area contributed by atoms with Gasteiger partial charge in [-0.1, -0.05) is 19.1 Å². The zero-order chi connectivity index (χ0) is 16.2. The SMILES string of the molecule is CCC(=O)c1ccc(S(=O)(=O)C(C)C(=O)OC(C)C)cc1. The number of esters is 1. The summed E-state index contributed by atoms with van der Waals surface area (Å²) in [5.41, 5.74) is 0.453. The number of rotatable bonds is 6. The van der Waals surface area contributed by atoms with Crippen LogP contribution in [0.3, 0.4) is 0 Å². The predicted octanol–water partition coefficient (Wildman–Crippen LogP) is 2.39. The van der Waals surface area contributed by atoms with E-state index in [-0.39, 0.29) is 16.8 Å². The van der Waals surface area contributed by atoms with E-state index in [2.05, 4.69) is 0 Å². The Morgan fingerprint density at radius 3 is 2.05 bits per heavy atom. The van der Waals surface area contributed by atoms with Crippen LogP contribution in [-0.2, 0) is 19.4 Å². The van der Waals surface area contributed by atoms with E-state index in [9.17, 15) is 18.0 Å². The first-order chi connectivity index (χ1) is 9.70. The Labute approximate surface area is 125 Å². The zero-order valence-electron chi connectivity index (χ0n) is 12.6. The molecule has 1 atom stereocenters. The van der Waals surface area contributed by atoms with Crippen molar-refractivity contribution in [2.75, 3.05) is 0 Å². The number of carbonyl (C=O) groups excluding carboxylic acids is 2. The molecule has 1 rings (SSSR count). The lowest BCUT2D eigenvalue weighted by Crippen LogP contribution is -2.31. The van der Waals surface area contributed by atoms with E-state index in [1.807, 2.05) is 0 Å². The topological polar surface area (TPSA) is 77.5 Å². The number of ether oxygens (including phenoxy) is 1. The fourth-order valence-electron chi connectivity index (χ4n) is 1.69. The standard InChI is InChI=1S/C15H20O5S/c1-5-14(16)12-6-8-13(9-7-12)21(18,19)11(4)15(17)20-10(2)3/h6-11H,5H2,1-4H3. The summed E-state index contributed by atoms with van der Waals surface area (Å²) in [6, 6.07) is 5.60. The summed E-state index contributed by atoms with van der Waals surface area (Å²) in [5.74, 6) is -0.843. The highest BCUT2D eigenvalue weighted by molar-refractivity contribution is 7.92. The number of hydrogen-bond donors (Lipinski definition) is 0. The van der Waals surface area contributed by atoms with Gasteiger partial charge in [0.2, 0.25) is 0 Å². The largest absolute Gasteiger partial charge is 0.462 e. The van der Waals surface area contributed by atoms with Gasteiger partial charge in [-0.3, -0.25) is 9.59 Å². The van der Waals surface area contributed by atoms with Crippen molar-refractivity contribution in [3.63, 3.8) is 0 Å². The van der Waals surface area contributed by atoms with Crippen LogP contribution in [0, 0.1) is 0 Å². The number of sulfone groups is 1. The summed E-state index contributed by atoms with van der Waals surface area (Å²) in [5, 5.41) is -1.28. The third kappa shape index (κ3) is 4.14. The van der Waals surface area contributed by atoms with Crippen LogP contribution in [0.1, 0.15) is 44.5 Å². The summed E-state index contributed by atoms with van der Waals surface area (Å²) in [6.45, 7) is 6.34. The van der Waals surface area contributed by atoms with Crippen LogP contribution >= 0.6 is 0 Å². The van der Waals surface area contributed by atoms with Gasteiger partial charge < -0.3 is 4.74 Å². The van der Waals surface area contributed by atoms with Crippen LogP contribution < -0.4 is 0 Å². The summed E-state index contributed by atoms with van der Waals surface area (Å²) in [4.78, 5) is 23.3. The molecule has 1 aromatic carbocycles. The molecule has 0 aliphatic carbocycles. The Balaban J connectivity index is 3.02. The molecule has 0 saturated heterocycles. The Bertz CT molecular complexity index is 614. The molecule has 0 heterocycles. The smallest absolute Gasteiger partial charge is 0.324 e. The molecule has 116 valence electrons. The van der Waals surface area contributed by atoms with Crippen molar-refractivity contribution in [3.05, 3.63) is 29.8 Å². The van der Waals surface area contributed by atoms with E-state index in [1.54, 1.807) is 20.8 Å². The lowest BCUT2D eigenvalue weighted by atomic mass is 10.1. The second-order valence-corrected chi connectivity index (χ2v) is 7.24. The van der Waals surface area contributed by atoms with Gasteiger partial charge >= 0.3 is 5.97 Å². The molecule has 6 heteroatoms. The molecule has 1 unspecified atom stereocenters. The molecule has 0 radical (unpaired) electrons. The van der Waals surface area contributed by atoms with Gasteiger partial charge in [-0.05, 0) is 32.9 Å². The summed E-state index contributed by atoms with van der Waals surface area (Å²) < 4.78 is 29.6. The number of hydrogen-bond acceptors (Lipinski definition) is 5. The molecule has 0 bridgehead atoms. The van der Waals surface area contributed by atoms with Gasteiger partial charge in [0.25, 0.3) is 0 Å². The summed E-state index contributed by atoms with van der Waals surface area (Å²) >= 11 is 0. The summed E-state index contributed by atoms with van der Waals surface area (Å²) in [7, 11) is -3.82. The van der Waals surface area contributed by atoms with Crippen LogP contribution in [0.15, 0.2) is 29.2 Å². The maximum atomic E-state index is 12.3. The first kappa shape index (κ1) is 17.4. The normalized spacial score (nSPS) is 13.0. The zero-order valence-corrected chi connectivity index (χ0v) is 13.4. The van der Waals surface area contributed by atoms with Crippen molar-refractivity contribution >= 4 is 21.6 Å². The van der Waals surface area contributed by atoms with Crippen LogP contribution in [0.4, 0.5) is 0 Å². The molecule has 0 aliphatic rings. The minimum Gasteiger partial charge on any atom is -0.462 e. The molecule has 0 aliphatic heterocycles. The van der Waals surface area contributed by atoms with Gasteiger partial charge in [-0.25, -0.2) is 8.42 Å². The van der Waals surface area contributed by atoms with Crippen LogP contribution in [0.2, 0.25) is 0 Å². The number of benzene rings is 1. The molecule has 21 heavy (non-hydrogen) atoms. The van der Waals surface area contributed by atoms with Crippen molar-refractivity contribution < 1.29 is 22.7 Å². The van der Waals surface area contributed by atoms with Crippen molar-refractivity contribution in [1.82, 2.24) is 0 Å². The minimum atomic E-state index is -3.82. The molecule has 0 N–H and O–H groups in total. The maximum absolute atomic E-state index is 12.3. The Hall–Kier alpha value is -1.69. The van der Waals surface area contributed by atoms with Crippen LogP contribution in [0.25, 0.3) is 0 Å². The molecular weight excluding hydrogens is 292 g/mol. The van der Waals surface area contributed by atoms with Crippen molar-refractivity contribution in [2.45, 2.75) is 50.4 Å². The minimum absolute atomic E-state index is 0.00311. The van der Waals surface area contributed by atoms with Crippen molar-refractivity contribution in [2.24, 2.45) is 0 Å². The number of carbonyl (C=O) groups is 2. The molecule has 1 aromatic rings. The van der Waals surface area contributed by atoms with Crippen LogP contribution in [0.5, 0.6) is 0 Å². The van der Waals surface area contributed by atoms with E-state index in [0.717, 1.165) is 0 Å². The quantitative estimate of drug-likeness (QED) is 0.595. The lowest BCUT2D eigenvalue weighted by molar-refractivity contribution is -0.146. The fourth-order valence-corrected chi connectivity index (χ4v) is 2.93. The highest BCUT2D eigenvalue weighted by Crippen LogP contribution is 2.18. The van der Waals surface area contributed by atoms with E-state index in [0.29, 0.717) is 12.0 Å². The predicted molar refractivity (Wildman–Crippen MR) is 78.9 cm³/mol. The number of Topliss-reactive ketones (excluding diaryl/α,β-unsaturated/α-hetero) is 1. The van der Waals surface area contributed by atoms with Gasteiger partial charge in [0.15, 0.2) is 20.9 Å². The first-order valence-corrected chi connectivity index (χ1v) is 8.32. The fraction of sp³-hybridized carbons (Fsp3) is 0.467. The molecule has 5 nitrogen and oxygen atoms in total. The highest BCUT2D eigenvalue weighted by Gasteiger charge is 2.31. The molecule has 0 fully saturated rings. The van der Waals surface area contributed by atoms with E-state index in [1.165, 1.54) is 31.2 Å². The number of ketones is 1. The Kier molecular flexibility index (Phi) is 5.66. The van der Waals surface area contributed by atoms with Gasteiger partial charge in [-0.15, -0.1) is 0 Å². The average molecular weight is 312 g/mol. The van der Waals surface area contributed by atoms with Gasteiger partial charge in [0, 0.05) is 12.0 Å². The second kappa shape index (κ2) is 6.85. The molecular formula is C15H20O5S. The second-order valence-electron chi connectivity index (χ2n) is 4.97. The van der Waals surface area contributed by atoms with E-state index >= 15 is 0 Å². The van der Waals surface area contributed by atoms with Gasteiger partial charge in [0.05, 0.1) is 11.0 Å². The lowest BCUT2D eigenvalue weighted by Gasteiger charge is -2.14. The highest BCUT2D eigenvalue weighted by atomic mass is 32.2. The third-order valence-corrected chi connectivity index (χ3v) is 5.03. The Morgan fingerprint density at radius 2 is 1.62 bits per heavy atom. The molecule has 0 spiro atoms. The molecule has 0 saturated carbocycles. The van der Waals surface area contributed by atoms with Crippen molar-refractivity contribution in [3.8, 4) is 0 Å². The van der Waals surface area contributed by atoms with Crippen molar-refractivity contribution in [1.29, 1.82) is 0 Å². The van der Waals surface area contributed by atoms with Gasteiger partial charge in [-0.2, -0.15) is 0 Å². The monoisotopic (exact) mass is 312 g/mol. The van der Waals surface area contributed by atoms with Gasteiger partial charge in [0.1, 0.15) is 0 Å². The molecule has 0 aromatic heterocycles.